The lowest BCUT2D eigenvalue weighted by Gasteiger charge is -2.51. The molecule has 3 heterocycles. The number of likely N-dealkylation sites (N-methyl/N-ethyl adjacent to an activating group) is 1. The highest BCUT2D eigenvalue weighted by molar-refractivity contribution is 5.95. The van der Waals surface area contributed by atoms with Crippen molar-refractivity contribution in [1.82, 2.24) is 19.6 Å². The molecule has 0 atom stereocenters. The maximum atomic E-state index is 12.7. The molecular weight excluding hydrogens is 296 g/mol. The molecule has 2 fully saturated rings. The second-order valence-corrected chi connectivity index (χ2v) is 6.19. The maximum Gasteiger partial charge on any atom is 0.274 e. The van der Waals surface area contributed by atoms with Gasteiger partial charge in [-0.1, -0.05) is 0 Å². The molecule has 126 valence electrons. The summed E-state index contributed by atoms with van der Waals surface area (Å²) in [4.78, 5) is 28.9. The Hall–Kier alpha value is -1.89. The normalized spacial score (nSPS) is 21.0. The summed E-state index contributed by atoms with van der Waals surface area (Å²) < 4.78 is 7.19. The first kappa shape index (κ1) is 16.0. The van der Waals surface area contributed by atoms with Crippen molar-refractivity contribution in [3.05, 3.63) is 18.0 Å². The van der Waals surface area contributed by atoms with Crippen LogP contribution in [0.15, 0.2) is 12.3 Å². The molecule has 0 unspecified atom stereocenters. The minimum absolute atomic E-state index is 0.0175. The van der Waals surface area contributed by atoms with Crippen LogP contribution in [0.3, 0.4) is 0 Å². The van der Waals surface area contributed by atoms with Gasteiger partial charge in [0.15, 0.2) is 0 Å². The molecule has 0 saturated carbocycles. The van der Waals surface area contributed by atoms with Gasteiger partial charge in [-0.25, -0.2) is 0 Å². The Bertz CT molecular complexity index is 592. The van der Waals surface area contributed by atoms with E-state index in [2.05, 4.69) is 5.10 Å². The molecule has 0 radical (unpaired) electrons. The van der Waals surface area contributed by atoms with Crippen molar-refractivity contribution in [2.24, 2.45) is 0 Å². The van der Waals surface area contributed by atoms with Crippen LogP contribution in [0.1, 0.15) is 37.2 Å². The van der Waals surface area contributed by atoms with E-state index in [-0.39, 0.29) is 23.9 Å². The third kappa shape index (κ3) is 2.85. The number of hydrogen-bond acceptors (Lipinski definition) is 4. The van der Waals surface area contributed by atoms with Crippen molar-refractivity contribution in [3.8, 4) is 0 Å². The second-order valence-electron chi connectivity index (χ2n) is 6.19. The van der Waals surface area contributed by atoms with Gasteiger partial charge in [0.25, 0.3) is 5.91 Å². The van der Waals surface area contributed by atoms with Crippen LogP contribution < -0.4 is 0 Å². The van der Waals surface area contributed by atoms with Gasteiger partial charge in [-0.05, 0) is 32.8 Å². The minimum atomic E-state index is -0.286. The quantitative estimate of drug-likeness (QED) is 0.824. The summed E-state index contributed by atoms with van der Waals surface area (Å²) in [6, 6.07) is 1.72. The molecule has 1 aromatic rings. The largest absolute Gasteiger partial charge is 0.381 e. The van der Waals surface area contributed by atoms with Crippen molar-refractivity contribution in [3.63, 3.8) is 0 Å². The predicted molar refractivity (Wildman–Crippen MR) is 84.0 cm³/mol. The Morgan fingerprint density at radius 2 is 2.04 bits per heavy atom. The average Bonchev–Trinajstić information content (AvgIpc) is 3.03. The Morgan fingerprint density at radius 3 is 2.65 bits per heavy atom. The predicted octanol–water partition coefficient (Wildman–Crippen LogP) is 0.756. The van der Waals surface area contributed by atoms with Gasteiger partial charge in [-0.3, -0.25) is 14.3 Å². The van der Waals surface area contributed by atoms with E-state index in [1.807, 2.05) is 18.7 Å². The third-order valence-electron chi connectivity index (χ3n) is 4.90. The number of nitrogens with zero attached hydrogens (tertiary/aromatic N) is 4. The summed E-state index contributed by atoms with van der Waals surface area (Å²) in [6.45, 7) is 7.33. The first-order chi connectivity index (χ1) is 11.1. The molecule has 2 aliphatic heterocycles. The van der Waals surface area contributed by atoms with Gasteiger partial charge in [-0.2, -0.15) is 5.10 Å². The van der Waals surface area contributed by atoms with Crippen LogP contribution in [-0.4, -0.2) is 69.8 Å². The van der Waals surface area contributed by atoms with Crippen LogP contribution >= 0.6 is 0 Å². The van der Waals surface area contributed by atoms with E-state index >= 15 is 0 Å². The van der Waals surface area contributed by atoms with Gasteiger partial charge in [0.2, 0.25) is 5.91 Å². The summed E-state index contributed by atoms with van der Waals surface area (Å²) in [5.74, 6) is -0.143. The molecule has 7 heteroatoms. The fourth-order valence-electron chi connectivity index (χ4n) is 3.66. The fraction of sp³-hybridized carbons (Fsp3) is 0.688. The molecule has 0 N–H and O–H groups in total. The van der Waals surface area contributed by atoms with Crippen LogP contribution in [-0.2, 0) is 16.1 Å². The molecule has 23 heavy (non-hydrogen) atoms. The molecule has 0 bridgehead atoms. The average molecular weight is 320 g/mol. The van der Waals surface area contributed by atoms with Crippen LogP contribution in [0, 0.1) is 0 Å². The van der Waals surface area contributed by atoms with Gasteiger partial charge in [0.1, 0.15) is 12.2 Å². The zero-order chi connectivity index (χ0) is 16.4. The number of carbonyl (C=O) groups is 2. The number of amides is 2. The Kier molecular flexibility index (Phi) is 4.39. The first-order valence-corrected chi connectivity index (χ1v) is 8.30. The lowest BCUT2D eigenvalue weighted by atomic mass is 9.85. The van der Waals surface area contributed by atoms with Gasteiger partial charge in [-0.15, -0.1) is 0 Å². The van der Waals surface area contributed by atoms with E-state index in [0.717, 1.165) is 19.4 Å². The SMILES string of the molecule is CCN1C(=O)CN(C(=O)c2ccn(CC)n2)CC12CCOCC2. The number of aryl methyl sites for hydroxylation is 1. The third-order valence-corrected chi connectivity index (χ3v) is 4.90. The summed E-state index contributed by atoms with van der Waals surface area (Å²) in [5, 5.41) is 4.28. The summed E-state index contributed by atoms with van der Waals surface area (Å²) in [5.41, 5.74) is 0.123. The number of piperazine rings is 1. The summed E-state index contributed by atoms with van der Waals surface area (Å²) >= 11 is 0. The van der Waals surface area contributed by atoms with Gasteiger partial charge in [0.05, 0.1) is 5.54 Å². The van der Waals surface area contributed by atoms with Crippen molar-refractivity contribution in [2.45, 2.75) is 38.8 Å². The molecule has 3 rings (SSSR count). The standard InChI is InChI=1S/C16H24N4O3/c1-3-19-8-5-13(17-19)15(22)18-11-14(21)20(4-2)16(12-18)6-9-23-10-7-16/h5,8H,3-4,6-7,9-12H2,1-2H3. The molecule has 2 saturated heterocycles. The van der Waals surface area contributed by atoms with E-state index in [9.17, 15) is 9.59 Å². The zero-order valence-electron chi connectivity index (χ0n) is 13.8. The molecule has 0 aromatic carbocycles. The summed E-state index contributed by atoms with van der Waals surface area (Å²) in [6.07, 6.45) is 3.35. The lowest BCUT2D eigenvalue weighted by Crippen LogP contribution is -2.67. The van der Waals surface area contributed by atoms with Crippen LogP contribution in [0.25, 0.3) is 0 Å². The number of aromatic nitrogens is 2. The molecule has 2 amide bonds. The Morgan fingerprint density at radius 1 is 1.30 bits per heavy atom. The van der Waals surface area contributed by atoms with E-state index in [1.165, 1.54) is 0 Å². The highest BCUT2D eigenvalue weighted by Crippen LogP contribution is 2.32. The van der Waals surface area contributed by atoms with Gasteiger partial charge >= 0.3 is 0 Å². The molecule has 1 spiro atoms. The molecular formula is C16H24N4O3. The lowest BCUT2D eigenvalue weighted by molar-refractivity contribution is -0.150. The maximum absolute atomic E-state index is 12.7. The van der Waals surface area contributed by atoms with Gasteiger partial charge < -0.3 is 14.5 Å². The van der Waals surface area contributed by atoms with E-state index < -0.39 is 0 Å². The van der Waals surface area contributed by atoms with Crippen LogP contribution in [0.4, 0.5) is 0 Å². The highest BCUT2D eigenvalue weighted by Gasteiger charge is 2.47. The Balaban J connectivity index is 1.83. The van der Waals surface area contributed by atoms with Crippen molar-refractivity contribution in [2.75, 3.05) is 32.8 Å². The second kappa shape index (κ2) is 6.31. The van der Waals surface area contributed by atoms with Crippen LogP contribution in [0.5, 0.6) is 0 Å². The number of ether oxygens (including phenoxy) is 1. The highest BCUT2D eigenvalue weighted by atomic mass is 16.5. The van der Waals surface area contributed by atoms with E-state index in [1.54, 1.807) is 21.8 Å². The topological polar surface area (TPSA) is 67.7 Å². The van der Waals surface area contributed by atoms with E-state index in [4.69, 9.17) is 4.74 Å². The van der Waals surface area contributed by atoms with Gasteiger partial charge in [0, 0.05) is 39.0 Å². The monoisotopic (exact) mass is 320 g/mol. The van der Waals surface area contributed by atoms with Crippen molar-refractivity contribution in [1.29, 1.82) is 0 Å². The van der Waals surface area contributed by atoms with Crippen molar-refractivity contribution < 1.29 is 14.3 Å². The number of carbonyl (C=O) groups excluding carboxylic acids is 2. The summed E-state index contributed by atoms with van der Waals surface area (Å²) in [7, 11) is 0. The molecule has 1 aromatic heterocycles. The molecule has 7 nitrogen and oxygen atoms in total. The number of hydrogen-bond donors (Lipinski definition) is 0. The zero-order valence-corrected chi connectivity index (χ0v) is 13.8. The molecule has 2 aliphatic rings. The minimum Gasteiger partial charge on any atom is -0.381 e. The van der Waals surface area contributed by atoms with Crippen LogP contribution in [0.2, 0.25) is 0 Å². The van der Waals surface area contributed by atoms with Crippen molar-refractivity contribution >= 4 is 11.8 Å². The first-order valence-electron chi connectivity index (χ1n) is 8.30. The van der Waals surface area contributed by atoms with E-state index in [0.29, 0.717) is 32.0 Å². The fourth-order valence-corrected chi connectivity index (χ4v) is 3.66. The Labute approximate surface area is 136 Å². The smallest absolute Gasteiger partial charge is 0.274 e. The number of rotatable bonds is 3. The molecule has 0 aliphatic carbocycles.